The molecular weight excluding hydrogens is 198 g/mol. The summed E-state index contributed by atoms with van der Waals surface area (Å²) in [6.07, 6.45) is 0.737. The third-order valence-corrected chi connectivity index (χ3v) is 1.47. The number of aldehydes is 1. The zero-order valence-corrected chi connectivity index (χ0v) is 8.65. The predicted octanol–water partition coefficient (Wildman–Crippen LogP) is -0.193. The van der Waals surface area contributed by atoms with Crippen LogP contribution in [0.1, 0.15) is 5.82 Å². The zero-order chi connectivity index (χ0) is 11.1. The number of aryl methyl sites for hydroxylation is 1. The predicted molar refractivity (Wildman–Crippen MR) is 54.6 cm³/mol. The maximum atomic E-state index is 10.2. The van der Waals surface area contributed by atoms with Gasteiger partial charge in [-0.1, -0.05) is 0 Å². The molecule has 0 unspecified atom stereocenters. The molecular formula is C8H13N5O2. The molecule has 7 heteroatoms. The molecule has 2 N–H and O–H groups in total. The smallest absolute Gasteiger partial charge is 0.229 e. The van der Waals surface area contributed by atoms with Gasteiger partial charge in [0.05, 0.1) is 6.54 Å². The van der Waals surface area contributed by atoms with Gasteiger partial charge in [-0.3, -0.25) is 0 Å². The topological polar surface area (TPSA) is 89.0 Å². The summed E-state index contributed by atoms with van der Waals surface area (Å²) in [5.74, 6) is 1.35. The number of carbonyl (C=O) groups is 1. The first-order chi connectivity index (χ1) is 7.26. The lowest BCUT2D eigenvalue weighted by molar-refractivity contribution is -0.106. The van der Waals surface area contributed by atoms with E-state index in [-0.39, 0.29) is 6.54 Å². The van der Waals surface area contributed by atoms with Crippen LogP contribution in [0.25, 0.3) is 0 Å². The zero-order valence-electron chi connectivity index (χ0n) is 8.65. The van der Waals surface area contributed by atoms with Gasteiger partial charge in [-0.15, -0.1) is 0 Å². The van der Waals surface area contributed by atoms with Crippen molar-refractivity contribution in [3.63, 3.8) is 0 Å². The standard InChI is InChI=1S/C8H13N5O2/c1-6-11-7(9-3-4-14)13-8(12-6)10-5-15-2/h4H,3,5H2,1-2H3,(H2,9,10,11,12,13). The van der Waals surface area contributed by atoms with Crippen molar-refractivity contribution in [3.05, 3.63) is 5.82 Å². The van der Waals surface area contributed by atoms with Crippen LogP contribution in [0.2, 0.25) is 0 Å². The van der Waals surface area contributed by atoms with Crippen molar-refractivity contribution in [1.29, 1.82) is 0 Å². The molecule has 0 aromatic carbocycles. The minimum absolute atomic E-state index is 0.174. The SMILES string of the molecule is COCNc1nc(C)nc(NCC=O)n1. The molecule has 0 aliphatic heterocycles. The Morgan fingerprint density at radius 2 is 1.93 bits per heavy atom. The van der Waals surface area contributed by atoms with Gasteiger partial charge in [0.25, 0.3) is 0 Å². The van der Waals surface area contributed by atoms with Crippen LogP contribution in [0.3, 0.4) is 0 Å². The Bertz CT molecular complexity index is 331. The molecule has 1 aromatic rings. The molecule has 0 aliphatic rings. The highest BCUT2D eigenvalue weighted by Crippen LogP contribution is 2.03. The minimum atomic E-state index is 0.174. The average Bonchev–Trinajstić information content (AvgIpc) is 2.23. The number of carbonyl (C=O) groups excluding carboxylic acids is 1. The van der Waals surface area contributed by atoms with Crippen molar-refractivity contribution < 1.29 is 9.53 Å². The first kappa shape index (κ1) is 11.3. The van der Waals surface area contributed by atoms with Crippen molar-refractivity contribution in [1.82, 2.24) is 15.0 Å². The molecule has 0 bridgehead atoms. The summed E-state index contributed by atoms with van der Waals surface area (Å²) in [5.41, 5.74) is 0. The number of nitrogens with zero attached hydrogens (tertiary/aromatic N) is 3. The third kappa shape index (κ3) is 3.86. The molecule has 15 heavy (non-hydrogen) atoms. The Morgan fingerprint density at radius 1 is 1.27 bits per heavy atom. The van der Waals surface area contributed by atoms with Crippen LogP contribution in [0.5, 0.6) is 0 Å². The maximum absolute atomic E-state index is 10.2. The summed E-state index contributed by atoms with van der Waals surface area (Å²) >= 11 is 0. The second kappa shape index (κ2) is 5.86. The van der Waals surface area contributed by atoms with Gasteiger partial charge >= 0.3 is 0 Å². The summed E-state index contributed by atoms with van der Waals surface area (Å²) in [6, 6.07) is 0. The summed E-state index contributed by atoms with van der Waals surface area (Å²) in [7, 11) is 1.56. The van der Waals surface area contributed by atoms with Gasteiger partial charge in [0.1, 0.15) is 18.8 Å². The van der Waals surface area contributed by atoms with E-state index >= 15 is 0 Å². The van der Waals surface area contributed by atoms with E-state index < -0.39 is 0 Å². The van der Waals surface area contributed by atoms with Crippen molar-refractivity contribution >= 4 is 18.2 Å². The number of methoxy groups -OCH3 is 1. The summed E-state index contributed by atoms with van der Waals surface area (Å²) in [4.78, 5) is 22.2. The third-order valence-electron chi connectivity index (χ3n) is 1.47. The number of anilines is 2. The Kier molecular flexibility index (Phi) is 4.42. The molecule has 0 radical (unpaired) electrons. The van der Waals surface area contributed by atoms with E-state index in [1.165, 1.54) is 0 Å². The first-order valence-electron chi connectivity index (χ1n) is 4.39. The molecule has 82 valence electrons. The van der Waals surface area contributed by atoms with E-state index in [1.807, 2.05) is 0 Å². The van der Waals surface area contributed by atoms with E-state index in [1.54, 1.807) is 14.0 Å². The molecule has 1 rings (SSSR count). The molecule has 0 fully saturated rings. The Balaban J connectivity index is 2.70. The largest absolute Gasteiger partial charge is 0.364 e. The van der Waals surface area contributed by atoms with Gasteiger partial charge in [0.15, 0.2) is 0 Å². The molecule has 1 heterocycles. The normalized spacial score (nSPS) is 9.73. The lowest BCUT2D eigenvalue weighted by atomic mass is 10.6. The van der Waals surface area contributed by atoms with Crippen LogP contribution < -0.4 is 10.6 Å². The molecule has 0 aliphatic carbocycles. The van der Waals surface area contributed by atoms with Crippen LogP contribution in [0.15, 0.2) is 0 Å². The summed E-state index contributed by atoms with van der Waals surface area (Å²) in [5, 5.41) is 5.58. The highest BCUT2D eigenvalue weighted by atomic mass is 16.5. The van der Waals surface area contributed by atoms with Crippen LogP contribution in [-0.4, -0.2) is 41.6 Å². The van der Waals surface area contributed by atoms with Crippen LogP contribution in [0.4, 0.5) is 11.9 Å². The molecule has 0 amide bonds. The van der Waals surface area contributed by atoms with Gasteiger partial charge < -0.3 is 20.2 Å². The fraction of sp³-hybridized carbons (Fsp3) is 0.500. The maximum Gasteiger partial charge on any atom is 0.229 e. The fourth-order valence-corrected chi connectivity index (χ4v) is 0.910. The average molecular weight is 211 g/mol. The molecule has 0 atom stereocenters. The van der Waals surface area contributed by atoms with E-state index in [9.17, 15) is 4.79 Å². The van der Waals surface area contributed by atoms with E-state index in [0.717, 1.165) is 6.29 Å². The van der Waals surface area contributed by atoms with Gasteiger partial charge in [0, 0.05) is 7.11 Å². The lowest BCUT2D eigenvalue weighted by Crippen LogP contribution is -2.12. The number of rotatable bonds is 6. The van der Waals surface area contributed by atoms with E-state index in [2.05, 4.69) is 25.6 Å². The van der Waals surface area contributed by atoms with Gasteiger partial charge in [-0.25, -0.2) is 0 Å². The summed E-state index contributed by atoms with van der Waals surface area (Å²) < 4.78 is 4.82. The quantitative estimate of drug-likeness (QED) is 0.497. The van der Waals surface area contributed by atoms with Crippen LogP contribution >= 0.6 is 0 Å². The lowest BCUT2D eigenvalue weighted by Gasteiger charge is -2.06. The molecule has 0 spiro atoms. The number of ether oxygens (including phenoxy) is 1. The van der Waals surface area contributed by atoms with Gasteiger partial charge in [-0.05, 0) is 6.92 Å². The van der Waals surface area contributed by atoms with E-state index in [4.69, 9.17) is 4.74 Å². The summed E-state index contributed by atoms with van der Waals surface area (Å²) in [6.45, 7) is 2.23. The highest BCUT2D eigenvalue weighted by Gasteiger charge is 2.01. The van der Waals surface area contributed by atoms with Crippen molar-refractivity contribution in [2.45, 2.75) is 6.92 Å². The number of hydrogen-bond donors (Lipinski definition) is 2. The number of aromatic nitrogens is 3. The first-order valence-corrected chi connectivity index (χ1v) is 4.39. The highest BCUT2D eigenvalue weighted by molar-refractivity contribution is 5.56. The molecule has 7 nitrogen and oxygen atoms in total. The van der Waals surface area contributed by atoms with Crippen molar-refractivity contribution in [3.8, 4) is 0 Å². The molecule has 0 saturated carbocycles. The van der Waals surface area contributed by atoms with Crippen molar-refractivity contribution in [2.24, 2.45) is 0 Å². The Labute approximate surface area is 87.3 Å². The second-order valence-corrected chi connectivity index (χ2v) is 2.69. The fourth-order valence-electron chi connectivity index (χ4n) is 0.910. The Morgan fingerprint density at radius 3 is 2.53 bits per heavy atom. The van der Waals surface area contributed by atoms with Crippen LogP contribution in [-0.2, 0) is 9.53 Å². The monoisotopic (exact) mass is 211 g/mol. The minimum Gasteiger partial charge on any atom is -0.364 e. The Hall–Kier alpha value is -1.76. The van der Waals surface area contributed by atoms with Gasteiger partial charge in [-0.2, -0.15) is 15.0 Å². The molecule has 0 saturated heterocycles. The van der Waals surface area contributed by atoms with E-state index in [0.29, 0.717) is 24.5 Å². The number of hydrogen-bond acceptors (Lipinski definition) is 7. The molecule has 1 aromatic heterocycles. The van der Waals surface area contributed by atoms with Crippen molar-refractivity contribution in [2.75, 3.05) is 31.0 Å². The van der Waals surface area contributed by atoms with Gasteiger partial charge in [0.2, 0.25) is 11.9 Å². The van der Waals surface area contributed by atoms with Crippen LogP contribution in [0, 0.1) is 6.92 Å². The number of nitrogens with one attached hydrogen (secondary N) is 2. The second-order valence-electron chi connectivity index (χ2n) is 2.69.